The smallest absolute Gasteiger partial charge is 0.261 e. The monoisotopic (exact) mass is 305 g/mol. The maximum atomic E-state index is 11.8. The number of hydrogen-bond donors (Lipinski definition) is 2. The van der Waals surface area contributed by atoms with Crippen LogP contribution in [0.4, 0.5) is 11.5 Å². The summed E-state index contributed by atoms with van der Waals surface area (Å²) in [7, 11) is 3.90. The van der Waals surface area contributed by atoms with Gasteiger partial charge in [-0.3, -0.25) is 4.79 Å². The molecule has 0 bridgehead atoms. The van der Waals surface area contributed by atoms with Gasteiger partial charge in [0, 0.05) is 33.3 Å². The highest BCUT2D eigenvalue weighted by molar-refractivity contribution is 7.12. The molecule has 2 aromatic heterocycles. The normalized spacial score (nSPS) is 10.2. The molecule has 6 nitrogen and oxygen atoms in total. The van der Waals surface area contributed by atoms with Gasteiger partial charge in [0.1, 0.15) is 0 Å². The van der Waals surface area contributed by atoms with Crippen LogP contribution >= 0.6 is 11.3 Å². The zero-order valence-corrected chi connectivity index (χ0v) is 13.2. The van der Waals surface area contributed by atoms with E-state index in [0.29, 0.717) is 18.9 Å². The van der Waals surface area contributed by atoms with Crippen LogP contribution in [0.15, 0.2) is 23.7 Å². The Hall–Kier alpha value is -2.15. The molecule has 0 unspecified atom stereocenters. The molecule has 112 valence electrons. The van der Waals surface area contributed by atoms with E-state index in [0.717, 1.165) is 16.1 Å². The lowest BCUT2D eigenvalue weighted by Gasteiger charge is -2.12. The topological polar surface area (TPSA) is 70.2 Å². The van der Waals surface area contributed by atoms with Crippen molar-refractivity contribution >= 4 is 28.7 Å². The first kappa shape index (κ1) is 15.2. The van der Waals surface area contributed by atoms with Gasteiger partial charge in [-0.2, -0.15) is 5.10 Å². The summed E-state index contributed by atoms with van der Waals surface area (Å²) in [6.45, 7) is 3.11. The number of hydrogen-bond acceptors (Lipinski definition) is 6. The standard InChI is InChI=1S/C14H19N5OS/c1-10-6-12(21-9-10)14(20)16-5-4-15-13-7-11(19(2)3)8-17-18-13/h6-9H,4-5H2,1-3H3,(H,15,18)(H,16,20). The maximum absolute atomic E-state index is 11.8. The van der Waals surface area contributed by atoms with Crippen molar-refractivity contribution in [2.75, 3.05) is 37.4 Å². The van der Waals surface area contributed by atoms with Crippen molar-refractivity contribution in [2.45, 2.75) is 6.92 Å². The third-order valence-electron chi connectivity index (χ3n) is 2.83. The van der Waals surface area contributed by atoms with Gasteiger partial charge in [-0.15, -0.1) is 16.4 Å². The molecule has 1 amide bonds. The lowest BCUT2D eigenvalue weighted by molar-refractivity contribution is 0.0959. The highest BCUT2D eigenvalue weighted by Gasteiger charge is 2.06. The van der Waals surface area contributed by atoms with Gasteiger partial charge in [0.25, 0.3) is 5.91 Å². The van der Waals surface area contributed by atoms with E-state index in [1.165, 1.54) is 11.3 Å². The molecule has 0 radical (unpaired) electrons. The van der Waals surface area contributed by atoms with Crippen molar-refractivity contribution < 1.29 is 4.79 Å². The Kier molecular flexibility index (Phi) is 5.10. The number of aryl methyl sites for hydroxylation is 1. The summed E-state index contributed by atoms with van der Waals surface area (Å²) in [4.78, 5) is 14.5. The molecule has 7 heteroatoms. The van der Waals surface area contributed by atoms with Crippen molar-refractivity contribution in [1.29, 1.82) is 0 Å². The summed E-state index contributed by atoms with van der Waals surface area (Å²) in [5.41, 5.74) is 2.09. The average Bonchev–Trinajstić information content (AvgIpc) is 2.90. The van der Waals surface area contributed by atoms with Gasteiger partial charge in [-0.25, -0.2) is 0 Å². The van der Waals surface area contributed by atoms with Crippen LogP contribution in [0.5, 0.6) is 0 Å². The van der Waals surface area contributed by atoms with E-state index in [9.17, 15) is 4.79 Å². The molecule has 21 heavy (non-hydrogen) atoms. The van der Waals surface area contributed by atoms with Gasteiger partial charge in [0.05, 0.1) is 16.8 Å². The van der Waals surface area contributed by atoms with Gasteiger partial charge in [0.2, 0.25) is 0 Å². The van der Waals surface area contributed by atoms with Crippen molar-refractivity contribution in [3.8, 4) is 0 Å². The van der Waals surface area contributed by atoms with Crippen LogP contribution in [0.3, 0.4) is 0 Å². The van der Waals surface area contributed by atoms with E-state index in [4.69, 9.17) is 0 Å². The number of nitrogens with zero attached hydrogens (tertiary/aromatic N) is 3. The van der Waals surface area contributed by atoms with Crippen molar-refractivity contribution in [3.05, 3.63) is 34.2 Å². The summed E-state index contributed by atoms with van der Waals surface area (Å²) in [6, 6.07) is 3.80. The van der Waals surface area contributed by atoms with Crippen LogP contribution in [-0.2, 0) is 0 Å². The van der Waals surface area contributed by atoms with Crippen LogP contribution in [0.1, 0.15) is 15.2 Å². The minimum absolute atomic E-state index is 0.0389. The Morgan fingerprint density at radius 1 is 1.33 bits per heavy atom. The largest absolute Gasteiger partial charge is 0.376 e. The van der Waals surface area contributed by atoms with Gasteiger partial charge in [0.15, 0.2) is 5.82 Å². The van der Waals surface area contributed by atoms with Crippen molar-refractivity contribution in [1.82, 2.24) is 15.5 Å². The molecule has 0 saturated heterocycles. The first-order valence-corrected chi connectivity index (χ1v) is 7.51. The summed E-state index contributed by atoms with van der Waals surface area (Å²) in [6.07, 6.45) is 1.70. The highest BCUT2D eigenvalue weighted by Crippen LogP contribution is 2.13. The Bertz CT molecular complexity index is 611. The van der Waals surface area contributed by atoms with Crippen LogP contribution in [0.2, 0.25) is 0 Å². The van der Waals surface area contributed by atoms with Crippen LogP contribution in [0, 0.1) is 6.92 Å². The Morgan fingerprint density at radius 3 is 2.81 bits per heavy atom. The number of carbonyl (C=O) groups excluding carboxylic acids is 1. The Balaban J connectivity index is 1.77. The average molecular weight is 305 g/mol. The third kappa shape index (κ3) is 4.42. The molecule has 0 spiro atoms. The Morgan fingerprint density at radius 2 is 2.14 bits per heavy atom. The molecular formula is C14H19N5OS. The molecule has 0 aliphatic heterocycles. The van der Waals surface area contributed by atoms with Gasteiger partial charge in [-0.1, -0.05) is 0 Å². The number of nitrogens with one attached hydrogen (secondary N) is 2. The number of rotatable bonds is 6. The fraction of sp³-hybridized carbons (Fsp3) is 0.357. The third-order valence-corrected chi connectivity index (χ3v) is 3.87. The van der Waals surface area contributed by atoms with Gasteiger partial charge in [-0.05, 0) is 23.9 Å². The van der Waals surface area contributed by atoms with Gasteiger partial charge < -0.3 is 15.5 Å². The molecule has 2 aromatic rings. The molecule has 0 aromatic carbocycles. The molecule has 2 N–H and O–H groups in total. The maximum Gasteiger partial charge on any atom is 0.261 e. The zero-order chi connectivity index (χ0) is 15.2. The van der Waals surface area contributed by atoms with E-state index in [-0.39, 0.29) is 5.91 Å². The first-order valence-electron chi connectivity index (χ1n) is 6.63. The molecule has 0 aliphatic rings. The summed E-state index contributed by atoms with van der Waals surface area (Å²) in [5.74, 6) is 0.658. The quantitative estimate of drug-likeness (QED) is 0.796. The predicted molar refractivity (Wildman–Crippen MR) is 86.2 cm³/mol. The molecular weight excluding hydrogens is 286 g/mol. The molecule has 0 saturated carbocycles. The minimum Gasteiger partial charge on any atom is -0.376 e. The molecule has 2 heterocycles. The van der Waals surface area contributed by atoms with Gasteiger partial charge >= 0.3 is 0 Å². The van der Waals surface area contributed by atoms with Crippen molar-refractivity contribution in [2.24, 2.45) is 0 Å². The van der Waals surface area contributed by atoms with Crippen LogP contribution in [-0.4, -0.2) is 43.3 Å². The summed E-state index contributed by atoms with van der Waals surface area (Å²) >= 11 is 1.46. The van der Waals surface area contributed by atoms with Crippen molar-refractivity contribution in [3.63, 3.8) is 0 Å². The van der Waals surface area contributed by atoms with E-state index < -0.39 is 0 Å². The van der Waals surface area contributed by atoms with E-state index in [2.05, 4.69) is 20.8 Å². The highest BCUT2D eigenvalue weighted by atomic mass is 32.1. The minimum atomic E-state index is -0.0389. The molecule has 0 fully saturated rings. The predicted octanol–water partition coefficient (Wildman–Crippen LogP) is 1.75. The summed E-state index contributed by atoms with van der Waals surface area (Å²) in [5, 5.41) is 15.9. The number of amides is 1. The van der Waals surface area contributed by atoms with Crippen LogP contribution in [0.25, 0.3) is 0 Å². The molecule has 0 aliphatic carbocycles. The fourth-order valence-corrected chi connectivity index (χ4v) is 2.51. The number of carbonyl (C=O) groups is 1. The van der Waals surface area contributed by atoms with E-state index >= 15 is 0 Å². The molecule has 0 atom stereocenters. The lowest BCUT2D eigenvalue weighted by Crippen LogP contribution is -2.28. The fourth-order valence-electron chi connectivity index (χ4n) is 1.69. The van der Waals surface area contributed by atoms with E-state index in [1.807, 2.05) is 43.4 Å². The summed E-state index contributed by atoms with van der Waals surface area (Å²) < 4.78 is 0. The second-order valence-electron chi connectivity index (χ2n) is 4.86. The molecule has 2 rings (SSSR count). The van der Waals surface area contributed by atoms with E-state index in [1.54, 1.807) is 6.20 Å². The Labute approximate surface area is 128 Å². The number of thiophene rings is 1. The second kappa shape index (κ2) is 7.03. The zero-order valence-electron chi connectivity index (χ0n) is 12.4. The van der Waals surface area contributed by atoms with Crippen LogP contribution < -0.4 is 15.5 Å². The number of aromatic nitrogens is 2. The second-order valence-corrected chi connectivity index (χ2v) is 5.78. The SMILES string of the molecule is Cc1csc(C(=O)NCCNc2cc(N(C)C)cnn2)c1. The first-order chi connectivity index (χ1) is 10.1. The number of anilines is 2. The lowest BCUT2D eigenvalue weighted by atomic mass is 10.3.